The molecule has 0 saturated carbocycles. The lowest BCUT2D eigenvalue weighted by molar-refractivity contribution is -0.114. The number of fused-ring (bicyclic) bond motifs is 1. The number of hydrogen-bond acceptors (Lipinski definition) is 5. The number of amidine groups is 1. The zero-order chi connectivity index (χ0) is 15.5. The molecular formula is C16H15N3O3. The predicted octanol–water partition coefficient (Wildman–Crippen LogP) is 1.47. The molecule has 0 spiro atoms. The Hall–Kier alpha value is -2.89. The summed E-state index contributed by atoms with van der Waals surface area (Å²) in [5.74, 6) is 1.51. The van der Waals surface area contributed by atoms with Crippen LogP contribution in [0.15, 0.2) is 52.6 Å². The van der Waals surface area contributed by atoms with E-state index in [1.165, 1.54) is 0 Å². The molecule has 0 aliphatic carbocycles. The van der Waals surface area contributed by atoms with Gasteiger partial charge in [0.25, 0.3) is 5.91 Å². The first kappa shape index (κ1) is 14.1. The highest BCUT2D eigenvalue weighted by molar-refractivity contribution is 6.49. The molecule has 3 rings (SSSR count). The molecule has 0 radical (unpaired) electrons. The van der Waals surface area contributed by atoms with E-state index >= 15 is 0 Å². The van der Waals surface area contributed by atoms with Crippen molar-refractivity contribution in [3.8, 4) is 11.5 Å². The zero-order valence-electron chi connectivity index (χ0n) is 12.1. The lowest BCUT2D eigenvalue weighted by Gasteiger charge is -2.09. The summed E-state index contributed by atoms with van der Waals surface area (Å²) in [5, 5.41) is 2.71. The number of aliphatic imine (C=N–C) groups is 2. The van der Waals surface area contributed by atoms with Crippen molar-refractivity contribution in [3.05, 3.63) is 48.2 Å². The molecule has 1 amide bonds. The SMILES string of the molecule is C=CCOc1ccc(C2=NC3=CCNC(=O)C3=N2)c(OC)c1. The van der Waals surface area contributed by atoms with Crippen molar-refractivity contribution in [3.63, 3.8) is 0 Å². The summed E-state index contributed by atoms with van der Waals surface area (Å²) < 4.78 is 10.9. The number of nitrogens with one attached hydrogen (secondary N) is 1. The summed E-state index contributed by atoms with van der Waals surface area (Å²) in [7, 11) is 1.57. The fourth-order valence-corrected chi connectivity index (χ4v) is 2.21. The molecule has 0 unspecified atom stereocenters. The molecule has 1 aromatic rings. The second-order valence-electron chi connectivity index (χ2n) is 4.66. The van der Waals surface area contributed by atoms with Gasteiger partial charge in [0.2, 0.25) is 0 Å². The molecule has 0 fully saturated rings. The minimum Gasteiger partial charge on any atom is -0.496 e. The van der Waals surface area contributed by atoms with Gasteiger partial charge in [0.05, 0.1) is 18.4 Å². The lowest BCUT2D eigenvalue weighted by atomic mass is 10.1. The van der Waals surface area contributed by atoms with Crippen molar-refractivity contribution < 1.29 is 14.3 Å². The topological polar surface area (TPSA) is 72.3 Å². The number of hydrogen-bond donors (Lipinski definition) is 1. The molecule has 2 heterocycles. The van der Waals surface area contributed by atoms with E-state index in [2.05, 4.69) is 21.9 Å². The first-order valence-electron chi connectivity index (χ1n) is 6.81. The Morgan fingerprint density at radius 1 is 1.41 bits per heavy atom. The van der Waals surface area contributed by atoms with Gasteiger partial charge in [-0.1, -0.05) is 12.7 Å². The van der Waals surface area contributed by atoms with E-state index in [9.17, 15) is 4.79 Å². The van der Waals surface area contributed by atoms with Crippen LogP contribution < -0.4 is 14.8 Å². The fraction of sp³-hybridized carbons (Fsp3) is 0.188. The van der Waals surface area contributed by atoms with Crippen LogP contribution in [0, 0.1) is 0 Å². The highest BCUT2D eigenvalue weighted by Gasteiger charge is 2.27. The van der Waals surface area contributed by atoms with Crippen molar-refractivity contribution in [2.45, 2.75) is 0 Å². The van der Waals surface area contributed by atoms with Gasteiger partial charge in [-0.05, 0) is 18.2 Å². The van der Waals surface area contributed by atoms with E-state index in [0.717, 1.165) is 0 Å². The summed E-state index contributed by atoms with van der Waals surface area (Å²) in [4.78, 5) is 20.5. The van der Waals surface area contributed by atoms with Crippen molar-refractivity contribution in [1.29, 1.82) is 0 Å². The Morgan fingerprint density at radius 2 is 2.27 bits per heavy atom. The summed E-state index contributed by atoms with van der Waals surface area (Å²) in [5.41, 5.74) is 1.66. The molecule has 0 saturated heterocycles. The van der Waals surface area contributed by atoms with Gasteiger partial charge in [-0.3, -0.25) is 4.79 Å². The first-order chi connectivity index (χ1) is 10.7. The maximum absolute atomic E-state index is 11.8. The number of amides is 1. The van der Waals surface area contributed by atoms with Crippen molar-refractivity contribution in [2.24, 2.45) is 9.98 Å². The van der Waals surface area contributed by atoms with Gasteiger partial charge < -0.3 is 14.8 Å². The van der Waals surface area contributed by atoms with Crippen LogP contribution in [0.1, 0.15) is 5.56 Å². The zero-order valence-corrected chi connectivity index (χ0v) is 12.1. The van der Waals surface area contributed by atoms with E-state index in [1.54, 1.807) is 25.3 Å². The smallest absolute Gasteiger partial charge is 0.272 e. The standard InChI is InChI=1S/C16H15N3O3/c1-3-8-22-10-4-5-11(13(9-10)21-2)15-18-12-6-7-17-16(20)14(12)19-15/h3-6,9H,1,7-8H2,2H3,(H,17,20). The molecule has 0 bridgehead atoms. The van der Waals surface area contributed by atoms with Crippen molar-refractivity contribution >= 4 is 17.5 Å². The minimum atomic E-state index is -0.207. The Bertz CT molecular complexity index is 732. The minimum absolute atomic E-state index is 0.207. The summed E-state index contributed by atoms with van der Waals surface area (Å²) in [6, 6.07) is 5.38. The predicted molar refractivity (Wildman–Crippen MR) is 83.8 cm³/mol. The maximum atomic E-state index is 11.8. The molecule has 1 aromatic carbocycles. The number of carbonyl (C=O) groups excluding carboxylic acids is 1. The second kappa shape index (κ2) is 5.85. The number of ether oxygens (including phenoxy) is 2. The monoisotopic (exact) mass is 297 g/mol. The van der Waals surface area contributed by atoms with Crippen LogP contribution in [0.4, 0.5) is 0 Å². The average molecular weight is 297 g/mol. The summed E-state index contributed by atoms with van der Waals surface area (Å²) in [6.45, 7) is 4.49. The molecule has 1 N–H and O–H groups in total. The van der Waals surface area contributed by atoms with Gasteiger partial charge >= 0.3 is 0 Å². The second-order valence-corrected chi connectivity index (χ2v) is 4.66. The third-order valence-electron chi connectivity index (χ3n) is 3.24. The largest absolute Gasteiger partial charge is 0.496 e. The molecule has 2 aliphatic heterocycles. The van der Waals surface area contributed by atoms with Gasteiger partial charge in [0, 0.05) is 12.6 Å². The molecule has 6 heteroatoms. The fourth-order valence-electron chi connectivity index (χ4n) is 2.21. The van der Waals surface area contributed by atoms with Gasteiger partial charge in [0.1, 0.15) is 18.1 Å². The number of rotatable bonds is 5. The van der Waals surface area contributed by atoms with E-state index in [1.807, 2.05) is 12.1 Å². The van der Waals surface area contributed by atoms with E-state index in [-0.39, 0.29) is 5.91 Å². The third-order valence-corrected chi connectivity index (χ3v) is 3.24. The molecule has 0 atom stereocenters. The molecular weight excluding hydrogens is 282 g/mol. The number of benzene rings is 1. The summed E-state index contributed by atoms with van der Waals surface area (Å²) in [6.07, 6.45) is 3.50. The van der Waals surface area contributed by atoms with Gasteiger partial charge in [-0.15, -0.1) is 0 Å². The Kier molecular flexibility index (Phi) is 3.74. The van der Waals surface area contributed by atoms with Crippen molar-refractivity contribution in [2.75, 3.05) is 20.3 Å². The van der Waals surface area contributed by atoms with Crippen LogP contribution in [-0.4, -0.2) is 37.7 Å². The summed E-state index contributed by atoms with van der Waals surface area (Å²) >= 11 is 0. The number of nitrogens with zero attached hydrogens (tertiary/aromatic N) is 2. The molecule has 22 heavy (non-hydrogen) atoms. The quantitative estimate of drug-likeness (QED) is 0.837. The van der Waals surface area contributed by atoms with Gasteiger partial charge in [0.15, 0.2) is 11.5 Å². The molecule has 2 aliphatic rings. The van der Waals surface area contributed by atoms with Crippen LogP contribution in [0.3, 0.4) is 0 Å². The molecule has 112 valence electrons. The molecule has 6 nitrogen and oxygen atoms in total. The first-order valence-corrected chi connectivity index (χ1v) is 6.81. The van der Waals surface area contributed by atoms with Crippen LogP contribution in [0.25, 0.3) is 0 Å². The van der Waals surface area contributed by atoms with Crippen LogP contribution in [-0.2, 0) is 4.79 Å². The number of carbonyl (C=O) groups is 1. The third kappa shape index (κ3) is 2.50. The van der Waals surface area contributed by atoms with E-state index < -0.39 is 0 Å². The highest BCUT2D eigenvalue weighted by Crippen LogP contribution is 2.28. The van der Waals surface area contributed by atoms with Crippen LogP contribution >= 0.6 is 0 Å². The molecule has 0 aromatic heterocycles. The maximum Gasteiger partial charge on any atom is 0.272 e. The van der Waals surface area contributed by atoms with Crippen LogP contribution in [0.5, 0.6) is 11.5 Å². The normalized spacial score (nSPS) is 16.0. The lowest BCUT2D eigenvalue weighted by Crippen LogP contribution is -2.35. The Balaban J connectivity index is 1.95. The van der Waals surface area contributed by atoms with Gasteiger partial charge in [-0.25, -0.2) is 9.98 Å². The van der Waals surface area contributed by atoms with E-state index in [0.29, 0.717) is 47.5 Å². The number of methoxy groups -OCH3 is 1. The van der Waals surface area contributed by atoms with Crippen LogP contribution in [0.2, 0.25) is 0 Å². The highest BCUT2D eigenvalue weighted by atomic mass is 16.5. The Labute approximate surface area is 127 Å². The Morgan fingerprint density at radius 3 is 3.00 bits per heavy atom. The van der Waals surface area contributed by atoms with Gasteiger partial charge in [-0.2, -0.15) is 0 Å². The van der Waals surface area contributed by atoms with E-state index in [4.69, 9.17) is 9.47 Å². The average Bonchev–Trinajstić information content (AvgIpc) is 2.98. The van der Waals surface area contributed by atoms with Crippen molar-refractivity contribution in [1.82, 2.24) is 5.32 Å².